The molecular formula is C20H15Cl2NO. The first-order valence-corrected chi connectivity index (χ1v) is 8.61. The van der Waals surface area contributed by atoms with Crippen molar-refractivity contribution in [2.45, 2.75) is 12.3 Å². The van der Waals surface area contributed by atoms with E-state index in [2.05, 4.69) is 11.4 Å². The average Bonchev–Trinajstić information content (AvgIpc) is 3.34. The lowest BCUT2D eigenvalue weighted by atomic mass is 10.1. The molecule has 0 saturated heterocycles. The van der Waals surface area contributed by atoms with Crippen molar-refractivity contribution in [2.75, 3.05) is 5.32 Å². The second-order valence-electron chi connectivity index (χ2n) is 6.20. The van der Waals surface area contributed by atoms with Gasteiger partial charge >= 0.3 is 0 Å². The molecule has 120 valence electrons. The highest BCUT2D eigenvalue weighted by Gasteiger charge is 2.44. The smallest absolute Gasteiger partial charge is 0.228 e. The molecule has 0 bridgehead atoms. The van der Waals surface area contributed by atoms with Crippen molar-refractivity contribution in [2.24, 2.45) is 5.92 Å². The van der Waals surface area contributed by atoms with Crippen LogP contribution < -0.4 is 5.32 Å². The summed E-state index contributed by atoms with van der Waals surface area (Å²) in [5.41, 5.74) is 1.86. The number of hydrogen-bond donors (Lipinski definition) is 1. The Labute approximate surface area is 150 Å². The molecule has 2 atom stereocenters. The highest BCUT2D eigenvalue weighted by atomic mass is 35.5. The van der Waals surface area contributed by atoms with E-state index in [-0.39, 0.29) is 17.7 Å². The van der Waals surface area contributed by atoms with Gasteiger partial charge in [-0.05, 0) is 59.0 Å². The lowest BCUT2D eigenvalue weighted by Crippen LogP contribution is -2.14. The summed E-state index contributed by atoms with van der Waals surface area (Å²) in [6, 6.07) is 19.5. The van der Waals surface area contributed by atoms with Crippen LogP contribution >= 0.6 is 23.2 Å². The van der Waals surface area contributed by atoms with Gasteiger partial charge in [0.25, 0.3) is 0 Å². The second-order valence-corrected chi connectivity index (χ2v) is 7.08. The van der Waals surface area contributed by atoms with E-state index in [9.17, 15) is 4.79 Å². The standard InChI is InChI=1S/C20H15Cl2NO/c21-15-7-14(8-16(22)10-15)18-11-19(18)20(24)23-17-6-5-12-3-1-2-4-13(12)9-17/h1-10,18-19H,11H2,(H,23,24)/t18-,19-/m0/s1. The average molecular weight is 356 g/mol. The molecule has 2 nitrogen and oxygen atoms in total. The second kappa shape index (κ2) is 6.12. The summed E-state index contributed by atoms with van der Waals surface area (Å²) < 4.78 is 0. The summed E-state index contributed by atoms with van der Waals surface area (Å²) >= 11 is 12.1. The molecule has 4 heteroatoms. The lowest BCUT2D eigenvalue weighted by Gasteiger charge is -2.07. The lowest BCUT2D eigenvalue weighted by molar-refractivity contribution is -0.117. The number of benzene rings is 3. The van der Waals surface area contributed by atoms with Gasteiger partial charge in [-0.3, -0.25) is 4.79 Å². The van der Waals surface area contributed by atoms with Crippen LogP contribution in [0.3, 0.4) is 0 Å². The Hall–Kier alpha value is -2.03. The van der Waals surface area contributed by atoms with Crippen LogP contribution in [0.4, 0.5) is 5.69 Å². The minimum Gasteiger partial charge on any atom is -0.326 e. The maximum atomic E-state index is 12.5. The molecule has 1 N–H and O–H groups in total. The Morgan fingerprint density at radius 1 is 0.917 bits per heavy atom. The SMILES string of the molecule is O=C(Nc1ccc2ccccc2c1)[C@H]1C[C@H]1c1cc(Cl)cc(Cl)c1. The molecule has 0 aliphatic heterocycles. The summed E-state index contributed by atoms with van der Waals surface area (Å²) in [6.45, 7) is 0. The zero-order chi connectivity index (χ0) is 16.7. The number of rotatable bonds is 3. The van der Waals surface area contributed by atoms with Crippen LogP contribution in [0.2, 0.25) is 10.0 Å². The monoisotopic (exact) mass is 355 g/mol. The predicted octanol–water partition coefficient (Wildman–Crippen LogP) is 5.89. The van der Waals surface area contributed by atoms with Crippen LogP contribution in [-0.2, 0) is 4.79 Å². The molecule has 1 saturated carbocycles. The molecule has 1 amide bonds. The fourth-order valence-corrected chi connectivity index (χ4v) is 3.69. The third kappa shape index (κ3) is 3.12. The number of halogens is 2. The first kappa shape index (κ1) is 15.5. The van der Waals surface area contributed by atoms with Crippen LogP contribution in [0.15, 0.2) is 60.7 Å². The van der Waals surface area contributed by atoms with Crippen LogP contribution in [0.5, 0.6) is 0 Å². The summed E-state index contributed by atoms with van der Waals surface area (Å²) in [5.74, 6) is 0.221. The molecule has 0 heterocycles. The topological polar surface area (TPSA) is 29.1 Å². The van der Waals surface area contributed by atoms with Crippen LogP contribution in [0, 0.1) is 5.92 Å². The summed E-state index contributed by atoms with van der Waals surface area (Å²) in [7, 11) is 0. The highest BCUT2D eigenvalue weighted by Crippen LogP contribution is 2.49. The largest absolute Gasteiger partial charge is 0.326 e. The number of carbonyl (C=O) groups is 1. The van der Waals surface area contributed by atoms with E-state index in [4.69, 9.17) is 23.2 Å². The Morgan fingerprint density at radius 3 is 2.38 bits per heavy atom. The maximum absolute atomic E-state index is 12.5. The van der Waals surface area contributed by atoms with Crippen LogP contribution in [0.25, 0.3) is 10.8 Å². The molecule has 4 rings (SSSR count). The van der Waals surface area contributed by atoms with E-state index < -0.39 is 0 Å². The van der Waals surface area contributed by atoms with Crippen molar-refractivity contribution >= 4 is 45.6 Å². The van der Waals surface area contributed by atoms with Gasteiger partial charge in [0.15, 0.2) is 0 Å². The van der Waals surface area contributed by atoms with Gasteiger partial charge in [0.2, 0.25) is 5.91 Å². The molecule has 0 radical (unpaired) electrons. The van der Waals surface area contributed by atoms with Gasteiger partial charge in [0.1, 0.15) is 0 Å². The number of hydrogen-bond acceptors (Lipinski definition) is 1. The zero-order valence-electron chi connectivity index (χ0n) is 12.8. The van der Waals surface area contributed by atoms with Crippen molar-refractivity contribution in [3.05, 3.63) is 76.3 Å². The van der Waals surface area contributed by atoms with Crippen molar-refractivity contribution in [1.29, 1.82) is 0 Å². The Balaban J connectivity index is 1.48. The van der Waals surface area contributed by atoms with Gasteiger partial charge in [-0.2, -0.15) is 0 Å². The van der Waals surface area contributed by atoms with E-state index in [0.717, 1.165) is 28.4 Å². The van der Waals surface area contributed by atoms with Crippen LogP contribution in [-0.4, -0.2) is 5.91 Å². The normalized spacial score (nSPS) is 19.2. The molecule has 1 fully saturated rings. The number of carbonyl (C=O) groups excluding carboxylic acids is 1. The van der Waals surface area contributed by atoms with Crippen molar-refractivity contribution in [3.8, 4) is 0 Å². The molecule has 1 aliphatic carbocycles. The fourth-order valence-electron chi connectivity index (χ4n) is 3.14. The first-order valence-electron chi connectivity index (χ1n) is 7.86. The molecule has 3 aromatic carbocycles. The third-order valence-electron chi connectivity index (χ3n) is 4.46. The summed E-state index contributed by atoms with van der Waals surface area (Å²) in [5, 5.41) is 6.51. The minimum absolute atomic E-state index is 0.0222. The molecular weight excluding hydrogens is 341 g/mol. The Kier molecular flexibility index (Phi) is 3.95. The van der Waals surface area contributed by atoms with Gasteiger partial charge < -0.3 is 5.32 Å². The van der Waals surface area contributed by atoms with E-state index in [0.29, 0.717) is 10.0 Å². The van der Waals surface area contributed by atoms with Gasteiger partial charge in [-0.1, -0.05) is 53.5 Å². The predicted molar refractivity (Wildman–Crippen MR) is 99.9 cm³/mol. The van der Waals surface area contributed by atoms with E-state index in [1.165, 1.54) is 0 Å². The molecule has 0 spiro atoms. The summed E-state index contributed by atoms with van der Waals surface area (Å²) in [4.78, 5) is 12.5. The maximum Gasteiger partial charge on any atom is 0.228 e. The number of fused-ring (bicyclic) bond motifs is 1. The van der Waals surface area contributed by atoms with Crippen molar-refractivity contribution in [1.82, 2.24) is 0 Å². The molecule has 0 unspecified atom stereocenters. The zero-order valence-corrected chi connectivity index (χ0v) is 14.3. The van der Waals surface area contributed by atoms with Gasteiger partial charge in [-0.25, -0.2) is 0 Å². The highest BCUT2D eigenvalue weighted by molar-refractivity contribution is 6.34. The van der Waals surface area contributed by atoms with Crippen molar-refractivity contribution < 1.29 is 4.79 Å². The fraction of sp³-hybridized carbons (Fsp3) is 0.150. The van der Waals surface area contributed by atoms with E-state index >= 15 is 0 Å². The van der Waals surface area contributed by atoms with Gasteiger partial charge in [0, 0.05) is 21.7 Å². The minimum atomic E-state index is -0.0222. The van der Waals surface area contributed by atoms with Crippen molar-refractivity contribution in [3.63, 3.8) is 0 Å². The van der Waals surface area contributed by atoms with E-state index in [1.807, 2.05) is 48.5 Å². The van der Waals surface area contributed by atoms with Crippen LogP contribution in [0.1, 0.15) is 17.9 Å². The van der Waals surface area contributed by atoms with Gasteiger partial charge in [-0.15, -0.1) is 0 Å². The first-order chi connectivity index (χ1) is 11.6. The number of nitrogens with one attached hydrogen (secondary N) is 1. The molecule has 3 aromatic rings. The third-order valence-corrected chi connectivity index (χ3v) is 4.89. The quantitative estimate of drug-likeness (QED) is 0.623. The molecule has 24 heavy (non-hydrogen) atoms. The van der Waals surface area contributed by atoms with Gasteiger partial charge in [0.05, 0.1) is 0 Å². The number of amides is 1. The Bertz CT molecular complexity index is 918. The summed E-state index contributed by atoms with van der Waals surface area (Å²) in [6.07, 6.45) is 0.829. The molecule has 0 aromatic heterocycles. The molecule has 1 aliphatic rings. The van der Waals surface area contributed by atoms with E-state index in [1.54, 1.807) is 6.07 Å². The Morgan fingerprint density at radius 2 is 1.62 bits per heavy atom. The number of anilines is 1.